The van der Waals surface area contributed by atoms with Crippen molar-refractivity contribution in [3.8, 4) is 0 Å². The monoisotopic (exact) mass is 349 g/mol. The van der Waals surface area contributed by atoms with Crippen molar-refractivity contribution in [1.29, 1.82) is 0 Å². The van der Waals surface area contributed by atoms with Gasteiger partial charge >= 0.3 is 0 Å². The molecular formula is C18H15N5OS. The molecule has 4 aromatic rings. The number of thiazole rings is 1. The average molecular weight is 349 g/mol. The summed E-state index contributed by atoms with van der Waals surface area (Å²) in [6, 6.07) is 9.81. The third-order valence-corrected chi connectivity index (χ3v) is 5.56. The molecule has 5 rings (SSSR count). The highest BCUT2D eigenvalue weighted by atomic mass is 32.1. The number of amides is 1. The van der Waals surface area contributed by atoms with E-state index in [1.54, 1.807) is 0 Å². The highest BCUT2D eigenvalue weighted by molar-refractivity contribution is 7.20. The summed E-state index contributed by atoms with van der Waals surface area (Å²) in [4.78, 5) is 23.7. The number of benzene rings is 1. The summed E-state index contributed by atoms with van der Waals surface area (Å²) in [6.07, 6.45) is 2.63. The number of fused-ring (bicyclic) bond motifs is 4. The molecule has 0 fully saturated rings. The molecule has 25 heavy (non-hydrogen) atoms. The standard InChI is InChI=1S/C18H15N5OS/c1-11-8-16-19-9-12-10-22(7-6-14(12)23(16)21-11)18(24)17-20-13-4-2-3-5-15(13)25-17/h2-5,8-9H,6-7,10H2,1H3. The molecule has 0 aliphatic carbocycles. The van der Waals surface area contributed by atoms with Crippen LogP contribution in [0.1, 0.15) is 26.8 Å². The van der Waals surface area contributed by atoms with Crippen molar-refractivity contribution in [2.45, 2.75) is 19.9 Å². The molecule has 0 saturated carbocycles. The Labute approximate surface area is 147 Å². The second-order valence-electron chi connectivity index (χ2n) is 6.25. The molecule has 1 aliphatic heterocycles. The van der Waals surface area contributed by atoms with Gasteiger partial charge in [-0.1, -0.05) is 12.1 Å². The molecule has 124 valence electrons. The lowest BCUT2D eigenvalue weighted by Crippen LogP contribution is -2.37. The van der Waals surface area contributed by atoms with E-state index in [1.165, 1.54) is 11.3 Å². The molecule has 1 aliphatic rings. The minimum Gasteiger partial charge on any atom is -0.332 e. The van der Waals surface area contributed by atoms with Crippen molar-refractivity contribution in [2.24, 2.45) is 0 Å². The quantitative estimate of drug-likeness (QED) is 0.530. The number of carbonyl (C=O) groups excluding carboxylic acids is 1. The maximum absolute atomic E-state index is 12.9. The molecule has 6 nitrogen and oxygen atoms in total. The van der Waals surface area contributed by atoms with Crippen LogP contribution in [0.15, 0.2) is 36.5 Å². The zero-order chi connectivity index (χ0) is 17.0. The van der Waals surface area contributed by atoms with Crippen LogP contribution in [0.2, 0.25) is 0 Å². The van der Waals surface area contributed by atoms with Crippen LogP contribution in [0.4, 0.5) is 0 Å². The van der Waals surface area contributed by atoms with E-state index in [0.29, 0.717) is 18.1 Å². The third-order valence-electron chi connectivity index (χ3n) is 4.54. The first-order chi connectivity index (χ1) is 12.2. The van der Waals surface area contributed by atoms with Crippen molar-refractivity contribution >= 4 is 33.1 Å². The minimum absolute atomic E-state index is 0.0106. The van der Waals surface area contributed by atoms with Gasteiger partial charge in [-0.15, -0.1) is 11.3 Å². The Morgan fingerprint density at radius 1 is 1.28 bits per heavy atom. The molecule has 0 radical (unpaired) electrons. The number of rotatable bonds is 1. The highest BCUT2D eigenvalue weighted by Gasteiger charge is 2.26. The van der Waals surface area contributed by atoms with Gasteiger partial charge in [-0.2, -0.15) is 5.10 Å². The SMILES string of the molecule is Cc1cc2ncc3c(n2n1)CCN(C(=O)c1nc2ccccc2s1)C3. The Morgan fingerprint density at radius 2 is 2.16 bits per heavy atom. The van der Waals surface area contributed by atoms with Crippen LogP contribution in [0.25, 0.3) is 15.9 Å². The summed E-state index contributed by atoms with van der Waals surface area (Å²) in [5.41, 5.74) is 4.89. The summed E-state index contributed by atoms with van der Waals surface area (Å²) in [7, 11) is 0. The van der Waals surface area contributed by atoms with Gasteiger partial charge in [0, 0.05) is 37.3 Å². The first kappa shape index (κ1) is 14.5. The van der Waals surface area contributed by atoms with E-state index in [4.69, 9.17) is 0 Å². The Bertz CT molecular complexity index is 1100. The zero-order valence-electron chi connectivity index (χ0n) is 13.6. The van der Waals surface area contributed by atoms with Crippen LogP contribution < -0.4 is 0 Å². The van der Waals surface area contributed by atoms with Gasteiger partial charge in [-0.05, 0) is 19.1 Å². The van der Waals surface area contributed by atoms with Gasteiger partial charge in [-0.25, -0.2) is 14.5 Å². The number of aromatic nitrogens is 4. The molecule has 0 atom stereocenters. The molecular weight excluding hydrogens is 334 g/mol. The molecule has 3 aromatic heterocycles. The van der Waals surface area contributed by atoms with E-state index in [0.717, 1.165) is 39.2 Å². The average Bonchev–Trinajstić information content (AvgIpc) is 3.23. The Balaban J connectivity index is 1.48. The van der Waals surface area contributed by atoms with Crippen LogP contribution in [0.5, 0.6) is 0 Å². The molecule has 1 amide bonds. The van der Waals surface area contributed by atoms with Gasteiger partial charge in [0.1, 0.15) is 0 Å². The third kappa shape index (κ3) is 2.31. The van der Waals surface area contributed by atoms with Gasteiger partial charge in [0.2, 0.25) is 0 Å². The number of nitrogens with zero attached hydrogens (tertiary/aromatic N) is 5. The van der Waals surface area contributed by atoms with Crippen molar-refractivity contribution in [3.05, 3.63) is 58.5 Å². The fraction of sp³-hybridized carbons (Fsp3) is 0.222. The number of hydrogen-bond donors (Lipinski definition) is 0. The zero-order valence-corrected chi connectivity index (χ0v) is 14.5. The second-order valence-corrected chi connectivity index (χ2v) is 7.28. The summed E-state index contributed by atoms with van der Waals surface area (Å²) >= 11 is 1.45. The molecule has 0 unspecified atom stereocenters. The van der Waals surface area contributed by atoms with Crippen molar-refractivity contribution in [2.75, 3.05) is 6.54 Å². The fourth-order valence-electron chi connectivity index (χ4n) is 3.33. The maximum Gasteiger partial charge on any atom is 0.283 e. The lowest BCUT2D eigenvalue weighted by molar-refractivity contribution is 0.0732. The van der Waals surface area contributed by atoms with Crippen LogP contribution >= 0.6 is 11.3 Å². The first-order valence-corrected chi connectivity index (χ1v) is 8.99. The first-order valence-electron chi connectivity index (χ1n) is 8.17. The van der Waals surface area contributed by atoms with Gasteiger partial charge in [0.15, 0.2) is 10.7 Å². The topological polar surface area (TPSA) is 63.4 Å². The molecule has 0 N–H and O–H groups in total. The number of aryl methyl sites for hydroxylation is 1. The van der Waals surface area contributed by atoms with E-state index >= 15 is 0 Å². The minimum atomic E-state index is -0.0106. The predicted octanol–water partition coefficient (Wildman–Crippen LogP) is 2.85. The van der Waals surface area contributed by atoms with E-state index < -0.39 is 0 Å². The highest BCUT2D eigenvalue weighted by Crippen LogP contribution is 2.25. The smallest absolute Gasteiger partial charge is 0.283 e. The fourth-order valence-corrected chi connectivity index (χ4v) is 4.26. The van der Waals surface area contributed by atoms with Crippen LogP contribution in [0, 0.1) is 6.92 Å². The van der Waals surface area contributed by atoms with Crippen molar-refractivity contribution in [3.63, 3.8) is 0 Å². The number of carbonyl (C=O) groups is 1. The maximum atomic E-state index is 12.9. The van der Waals surface area contributed by atoms with E-state index in [9.17, 15) is 4.79 Å². The number of hydrogen-bond acceptors (Lipinski definition) is 5. The van der Waals surface area contributed by atoms with E-state index in [1.807, 2.05) is 52.9 Å². The summed E-state index contributed by atoms with van der Waals surface area (Å²) < 4.78 is 2.95. The van der Waals surface area contributed by atoms with E-state index in [-0.39, 0.29) is 5.91 Å². The van der Waals surface area contributed by atoms with Gasteiger partial charge in [0.25, 0.3) is 5.91 Å². The summed E-state index contributed by atoms with van der Waals surface area (Å²) in [6.45, 7) is 3.18. The van der Waals surface area contributed by atoms with Gasteiger partial charge < -0.3 is 4.90 Å². The lowest BCUT2D eigenvalue weighted by atomic mass is 10.1. The molecule has 0 saturated heterocycles. The predicted molar refractivity (Wildman–Crippen MR) is 95.8 cm³/mol. The van der Waals surface area contributed by atoms with Crippen molar-refractivity contribution < 1.29 is 4.79 Å². The van der Waals surface area contributed by atoms with E-state index in [2.05, 4.69) is 15.1 Å². The summed E-state index contributed by atoms with van der Waals surface area (Å²) in [5, 5.41) is 5.07. The second kappa shape index (κ2) is 5.35. The molecule has 1 aromatic carbocycles. The van der Waals surface area contributed by atoms with Crippen molar-refractivity contribution in [1.82, 2.24) is 24.5 Å². The largest absolute Gasteiger partial charge is 0.332 e. The van der Waals surface area contributed by atoms with Crippen LogP contribution in [-0.2, 0) is 13.0 Å². The summed E-state index contributed by atoms with van der Waals surface area (Å²) in [5.74, 6) is -0.0106. The Hall–Kier alpha value is -2.80. The van der Waals surface area contributed by atoms with Crippen LogP contribution in [-0.4, -0.2) is 36.9 Å². The Kier molecular flexibility index (Phi) is 3.11. The van der Waals surface area contributed by atoms with Crippen LogP contribution in [0.3, 0.4) is 0 Å². The number of para-hydroxylation sites is 1. The molecule has 7 heteroatoms. The molecule has 0 bridgehead atoms. The van der Waals surface area contributed by atoms with Gasteiger partial charge in [0.05, 0.1) is 21.6 Å². The lowest BCUT2D eigenvalue weighted by Gasteiger charge is -2.28. The molecule has 0 spiro atoms. The Morgan fingerprint density at radius 3 is 3.04 bits per heavy atom. The normalized spacial score (nSPS) is 14.2. The molecule has 4 heterocycles. The van der Waals surface area contributed by atoms with Gasteiger partial charge in [-0.3, -0.25) is 4.79 Å².